The first-order valence-corrected chi connectivity index (χ1v) is 7.30. The number of nitrogens with zero attached hydrogens (tertiary/aromatic N) is 2. The lowest BCUT2D eigenvalue weighted by molar-refractivity contribution is -0.129. The van der Waals surface area contributed by atoms with Crippen LogP contribution in [0.2, 0.25) is 0 Å². The minimum Gasteiger partial charge on any atom is -0.492 e. The Morgan fingerprint density at radius 2 is 2.10 bits per heavy atom. The van der Waals surface area contributed by atoms with E-state index in [0.717, 1.165) is 17.9 Å². The van der Waals surface area contributed by atoms with Crippen LogP contribution in [-0.2, 0) is 4.79 Å². The highest BCUT2D eigenvalue weighted by Gasteiger charge is 2.10. The molecule has 0 unspecified atom stereocenters. The van der Waals surface area contributed by atoms with Crippen LogP contribution in [0.3, 0.4) is 0 Å². The maximum absolute atomic E-state index is 11.7. The predicted octanol–water partition coefficient (Wildman–Crippen LogP) is 1.11. The maximum Gasteiger partial charge on any atom is 0.236 e. The van der Waals surface area contributed by atoms with E-state index in [2.05, 4.69) is 0 Å². The molecule has 0 aromatic heterocycles. The molecule has 116 valence electrons. The molecule has 6 heteroatoms. The molecular formula is C15H23N3O2S. The zero-order valence-corrected chi connectivity index (χ0v) is 13.7. The van der Waals surface area contributed by atoms with E-state index in [-0.39, 0.29) is 5.91 Å². The van der Waals surface area contributed by atoms with Crippen molar-refractivity contribution in [2.45, 2.75) is 6.92 Å². The van der Waals surface area contributed by atoms with E-state index in [1.54, 1.807) is 19.0 Å². The quantitative estimate of drug-likeness (QED) is 0.729. The second-order valence-corrected chi connectivity index (χ2v) is 5.34. The average molecular weight is 309 g/mol. The van der Waals surface area contributed by atoms with Crippen LogP contribution in [0.5, 0.6) is 5.75 Å². The summed E-state index contributed by atoms with van der Waals surface area (Å²) in [6.07, 6.45) is 0. The monoisotopic (exact) mass is 309 g/mol. The lowest BCUT2D eigenvalue weighted by Crippen LogP contribution is -2.38. The number of amides is 1. The van der Waals surface area contributed by atoms with Crippen molar-refractivity contribution in [1.82, 2.24) is 9.80 Å². The van der Waals surface area contributed by atoms with Crippen molar-refractivity contribution >= 4 is 23.1 Å². The molecule has 0 bridgehead atoms. The fourth-order valence-corrected chi connectivity index (χ4v) is 1.84. The van der Waals surface area contributed by atoms with E-state index in [1.165, 1.54) is 0 Å². The molecule has 0 atom stereocenters. The molecule has 1 amide bonds. The molecule has 5 nitrogen and oxygen atoms in total. The van der Waals surface area contributed by atoms with Gasteiger partial charge in [0.2, 0.25) is 5.91 Å². The molecule has 1 aromatic carbocycles. The van der Waals surface area contributed by atoms with Crippen molar-refractivity contribution in [3.05, 3.63) is 29.8 Å². The van der Waals surface area contributed by atoms with Crippen LogP contribution in [0.4, 0.5) is 0 Å². The Morgan fingerprint density at radius 3 is 2.67 bits per heavy atom. The molecule has 1 aromatic rings. The van der Waals surface area contributed by atoms with Crippen molar-refractivity contribution in [1.29, 1.82) is 0 Å². The van der Waals surface area contributed by atoms with Gasteiger partial charge in [0, 0.05) is 26.2 Å². The van der Waals surface area contributed by atoms with Crippen molar-refractivity contribution in [2.75, 3.05) is 40.3 Å². The zero-order valence-electron chi connectivity index (χ0n) is 12.8. The van der Waals surface area contributed by atoms with Crippen molar-refractivity contribution in [2.24, 2.45) is 5.73 Å². The van der Waals surface area contributed by atoms with Crippen molar-refractivity contribution in [3.8, 4) is 5.75 Å². The Hall–Kier alpha value is -1.66. The number of carbonyl (C=O) groups is 1. The molecular weight excluding hydrogens is 286 g/mol. The second-order valence-electron chi connectivity index (χ2n) is 4.90. The highest BCUT2D eigenvalue weighted by atomic mass is 32.1. The van der Waals surface area contributed by atoms with E-state index in [1.807, 2.05) is 36.1 Å². The van der Waals surface area contributed by atoms with Gasteiger partial charge in [0.05, 0.1) is 6.54 Å². The first-order chi connectivity index (χ1) is 9.93. The summed E-state index contributed by atoms with van der Waals surface area (Å²) in [6, 6.07) is 7.40. The smallest absolute Gasteiger partial charge is 0.236 e. The lowest BCUT2D eigenvalue weighted by Gasteiger charge is -2.21. The van der Waals surface area contributed by atoms with Gasteiger partial charge in [0.1, 0.15) is 17.3 Å². The molecule has 21 heavy (non-hydrogen) atoms. The molecule has 0 saturated heterocycles. The Labute approximate surface area is 131 Å². The summed E-state index contributed by atoms with van der Waals surface area (Å²) in [5.74, 6) is 0.822. The number of hydrogen-bond donors (Lipinski definition) is 1. The number of carbonyl (C=O) groups excluding carboxylic acids is 1. The molecule has 0 fully saturated rings. The first-order valence-electron chi connectivity index (χ1n) is 6.89. The Balaban J connectivity index is 2.46. The Kier molecular flexibility index (Phi) is 7.11. The lowest BCUT2D eigenvalue weighted by atomic mass is 10.2. The summed E-state index contributed by atoms with van der Waals surface area (Å²) >= 11 is 4.94. The highest BCUT2D eigenvalue weighted by molar-refractivity contribution is 7.80. The first kappa shape index (κ1) is 17.4. The summed E-state index contributed by atoms with van der Waals surface area (Å²) in [4.78, 5) is 15.7. The van der Waals surface area contributed by atoms with Crippen LogP contribution < -0.4 is 10.5 Å². The molecule has 2 N–H and O–H groups in total. The van der Waals surface area contributed by atoms with Crippen LogP contribution in [0, 0.1) is 0 Å². The summed E-state index contributed by atoms with van der Waals surface area (Å²) in [5, 5.41) is 0. The van der Waals surface area contributed by atoms with Gasteiger partial charge in [-0.25, -0.2) is 0 Å². The van der Waals surface area contributed by atoms with Gasteiger partial charge in [-0.1, -0.05) is 31.3 Å². The number of likely N-dealkylation sites (N-methyl/N-ethyl adjacent to an activating group) is 2. The number of nitrogens with two attached hydrogens (primary N) is 1. The molecule has 1 rings (SSSR count). The highest BCUT2D eigenvalue weighted by Crippen LogP contribution is 2.13. The Morgan fingerprint density at radius 1 is 1.38 bits per heavy atom. The van der Waals surface area contributed by atoms with Crippen LogP contribution >= 0.6 is 12.2 Å². The molecule has 0 aliphatic carbocycles. The molecule has 0 aliphatic heterocycles. The third-order valence-electron chi connectivity index (χ3n) is 3.10. The third-order valence-corrected chi connectivity index (χ3v) is 3.34. The fourth-order valence-electron chi connectivity index (χ4n) is 1.71. The molecule has 0 heterocycles. The van der Waals surface area contributed by atoms with E-state index in [4.69, 9.17) is 22.7 Å². The third kappa shape index (κ3) is 6.10. The van der Waals surface area contributed by atoms with E-state index >= 15 is 0 Å². The van der Waals surface area contributed by atoms with Crippen LogP contribution in [-0.4, -0.2) is 61.0 Å². The van der Waals surface area contributed by atoms with Gasteiger partial charge >= 0.3 is 0 Å². The van der Waals surface area contributed by atoms with Crippen molar-refractivity contribution < 1.29 is 9.53 Å². The van der Waals surface area contributed by atoms with E-state index < -0.39 is 0 Å². The van der Waals surface area contributed by atoms with Gasteiger partial charge in [-0.15, -0.1) is 0 Å². The number of benzene rings is 1. The maximum atomic E-state index is 11.7. The topological polar surface area (TPSA) is 58.8 Å². The number of ether oxygens (including phenoxy) is 1. The van der Waals surface area contributed by atoms with Gasteiger partial charge in [-0.3, -0.25) is 9.69 Å². The van der Waals surface area contributed by atoms with Crippen molar-refractivity contribution in [3.63, 3.8) is 0 Å². The second kappa shape index (κ2) is 8.59. The Bertz CT molecular complexity index is 492. The summed E-state index contributed by atoms with van der Waals surface area (Å²) in [6.45, 7) is 4.43. The van der Waals surface area contributed by atoms with E-state index in [9.17, 15) is 4.79 Å². The molecule has 0 radical (unpaired) electrons. The standard InChI is InChI=1S/C15H23N3O2S/c1-4-18(11-14(19)17(2)3)8-9-20-13-7-5-6-12(10-13)15(16)21/h5-7,10H,4,8-9,11H2,1-3H3,(H2,16,21). The SMILES string of the molecule is CCN(CCOc1cccc(C(N)=S)c1)CC(=O)N(C)C. The normalized spacial score (nSPS) is 10.5. The minimum absolute atomic E-state index is 0.0901. The summed E-state index contributed by atoms with van der Waals surface area (Å²) < 4.78 is 5.69. The van der Waals surface area contributed by atoms with Gasteiger partial charge in [-0.05, 0) is 18.7 Å². The largest absolute Gasteiger partial charge is 0.492 e. The van der Waals surface area contributed by atoms with Crippen LogP contribution in [0.15, 0.2) is 24.3 Å². The van der Waals surface area contributed by atoms with Crippen LogP contribution in [0.25, 0.3) is 0 Å². The molecule has 0 aliphatic rings. The number of hydrogen-bond acceptors (Lipinski definition) is 4. The number of rotatable bonds is 8. The zero-order chi connectivity index (χ0) is 15.8. The predicted molar refractivity (Wildman–Crippen MR) is 88.6 cm³/mol. The molecule has 0 saturated carbocycles. The van der Waals surface area contributed by atoms with Gasteiger partial charge < -0.3 is 15.4 Å². The molecule has 0 spiro atoms. The van der Waals surface area contributed by atoms with Gasteiger partial charge in [-0.2, -0.15) is 0 Å². The fraction of sp³-hybridized carbons (Fsp3) is 0.467. The van der Waals surface area contributed by atoms with Crippen LogP contribution in [0.1, 0.15) is 12.5 Å². The number of thiocarbonyl (C=S) groups is 1. The average Bonchev–Trinajstić information content (AvgIpc) is 2.46. The summed E-state index contributed by atoms with van der Waals surface area (Å²) in [5.41, 5.74) is 6.38. The summed E-state index contributed by atoms with van der Waals surface area (Å²) in [7, 11) is 3.52. The van der Waals surface area contributed by atoms with E-state index in [0.29, 0.717) is 24.7 Å². The minimum atomic E-state index is 0.0901. The van der Waals surface area contributed by atoms with Gasteiger partial charge in [0.25, 0.3) is 0 Å². The van der Waals surface area contributed by atoms with Gasteiger partial charge in [0.15, 0.2) is 0 Å².